The quantitative estimate of drug-likeness (QED) is 0.729. The van der Waals surface area contributed by atoms with Gasteiger partial charge in [-0.05, 0) is 49.2 Å². The zero-order valence-electron chi connectivity index (χ0n) is 15.3. The van der Waals surface area contributed by atoms with E-state index in [9.17, 15) is 21.6 Å². The minimum atomic E-state index is -4.82. The Balaban J connectivity index is 1.39. The van der Waals surface area contributed by atoms with Gasteiger partial charge in [0.05, 0.1) is 10.6 Å². The predicted octanol–water partition coefficient (Wildman–Crippen LogP) is 2.76. The number of halogens is 3. The van der Waals surface area contributed by atoms with Gasteiger partial charge in [0.15, 0.2) is 5.82 Å². The van der Waals surface area contributed by atoms with Gasteiger partial charge >= 0.3 is 6.36 Å². The second-order valence-corrected chi connectivity index (χ2v) is 8.94. The number of benzene rings is 1. The van der Waals surface area contributed by atoms with Crippen molar-refractivity contribution in [3.8, 4) is 5.75 Å². The van der Waals surface area contributed by atoms with Crippen LogP contribution in [0.1, 0.15) is 24.5 Å². The SMILES string of the molecule is O=S(=O)(c1ccc(OC(F)(F)F)cc1)N1CCN(c2ccc(C3CC3)nn2)CC1. The molecule has 0 unspecified atom stereocenters. The lowest BCUT2D eigenvalue weighted by atomic mass is 10.2. The van der Waals surface area contributed by atoms with Gasteiger partial charge in [0.2, 0.25) is 10.0 Å². The topological polar surface area (TPSA) is 75.6 Å². The zero-order valence-corrected chi connectivity index (χ0v) is 16.2. The summed E-state index contributed by atoms with van der Waals surface area (Å²) in [6.45, 7) is 1.39. The summed E-state index contributed by atoms with van der Waals surface area (Å²) in [4.78, 5) is 1.89. The minimum absolute atomic E-state index is 0.0750. The van der Waals surface area contributed by atoms with Crippen molar-refractivity contribution in [2.24, 2.45) is 0 Å². The van der Waals surface area contributed by atoms with E-state index >= 15 is 0 Å². The smallest absolute Gasteiger partial charge is 0.406 e. The Hall–Kier alpha value is -2.40. The summed E-state index contributed by atoms with van der Waals surface area (Å²) in [7, 11) is -3.80. The molecule has 0 bridgehead atoms. The highest BCUT2D eigenvalue weighted by atomic mass is 32.2. The fraction of sp³-hybridized carbons (Fsp3) is 0.444. The van der Waals surface area contributed by atoms with Crippen LogP contribution in [0.5, 0.6) is 5.75 Å². The molecular weight excluding hydrogens is 409 g/mol. The third-order valence-electron chi connectivity index (χ3n) is 4.92. The molecule has 4 rings (SSSR count). The minimum Gasteiger partial charge on any atom is -0.406 e. The summed E-state index contributed by atoms with van der Waals surface area (Å²) >= 11 is 0. The van der Waals surface area contributed by atoms with Gasteiger partial charge in [-0.15, -0.1) is 18.3 Å². The molecule has 1 saturated heterocycles. The third-order valence-corrected chi connectivity index (χ3v) is 6.84. The zero-order chi connectivity index (χ0) is 20.6. The third kappa shape index (κ3) is 4.61. The largest absolute Gasteiger partial charge is 0.573 e. The second-order valence-electron chi connectivity index (χ2n) is 7.00. The Kier molecular flexibility index (Phi) is 5.11. The van der Waals surface area contributed by atoms with Crippen LogP contribution in [-0.4, -0.2) is 55.5 Å². The van der Waals surface area contributed by atoms with E-state index in [1.165, 1.54) is 4.31 Å². The Labute approximate surface area is 166 Å². The van der Waals surface area contributed by atoms with E-state index < -0.39 is 22.1 Å². The number of rotatable bonds is 5. The first-order valence-corrected chi connectivity index (χ1v) is 10.6. The molecule has 0 N–H and O–H groups in total. The van der Waals surface area contributed by atoms with Gasteiger partial charge in [0.25, 0.3) is 0 Å². The molecule has 29 heavy (non-hydrogen) atoms. The number of sulfonamides is 1. The molecular formula is C18H19F3N4O3S. The van der Waals surface area contributed by atoms with Crippen LogP contribution in [0.3, 0.4) is 0 Å². The molecule has 1 aliphatic carbocycles. The van der Waals surface area contributed by atoms with Crippen molar-refractivity contribution < 1.29 is 26.3 Å². The Morgan fingerprint density at radius 3 is 2.10 bits per heavy atom. The number of piperazine rings is 1. The fourth-order valence-corrected chi connectivity index (χ4v) is 4.64. The van der Waals surface area contributed by atoms with Crippen molar-refractivity contribution >= 4 is 15.8 Å². The normalized spacial score (nSPS) is 18.7. The van der Waals surface area contributed by atoms with Gasteiger partial charge in [-0.1, -0.05) is 0 Å². The van der Waals surface area contributed by atoms with E-state index in [1.54, 1.807) is 0 Å². The maximum absolute atomic E-state index is 12.8. The summed E-state index contributed by atoms with van der Waals surface area (Å²) in [5, 5.41) is 8.50. The first-order valence-electron chi connectivity index (χ1n) is 9.17. The summed E-state index contributed by atoms with van der Waals surface area (Å²) < 4.78 is 67.4. The van der Waals surface area contributed by atoms with E-state index in [0.29, 0.717) is 24.8 Å². The average molecular weight is 428 g/mol. The molecule has 1 aromatic heterocycles. The molecule has 1 saturated carbocycles. The highest BCUT2D eigenvalue weighted by molar-refractivity contribution is 7.89. The monoisotopic (exact) mass is 428 g/mol. The van der Waals surface area contributed by atoms with Gasteiger partial charge in [0.1, 0.15) is 5.75 Å². The van der Waals surface area contributed by atoms with Crippen LogP contribution in [0, 0.1) is 0 Å². The lowest BCUT2D eigenvalue weighted by molar-refractivity contribution is -0.274. The standard InChI is InChI=1S/C18H19F3N4O3S/c19-18(20,21)28-14-3-5-15(6-4-14)29(26,27)25-11-9-24(10-12-25)17-8-7-16(22-23-17)13-1-2-13/h3-8,13H,1-2,9-12H2. The molecule has 0 radical (unpaired) electrons. The maximum atomic E-state index is 12.8. The van der Waals surface area contributed by atoms with Crippen molar-refractivity contribution in [2.75, 3.05) is 31.1 Å². The number of nitrogens with zero attached hydrogens (tertiary/aromatic N) is 4. The van der Waals surface area contributed by atoms with Crippen LogP contribution in [0.25, 0.3) is 0 Å². The van der Waals surface area contributed by atoms with Crippen LogP contribution in [0.2, 0.25) is 0 Å². The highest BCUT2D eigenvalue weighted by Crippen LogP contribution is 2.38. The number of alkyl halides is 3. The van der Waals surface area contributed by atoms with Crippen LogP contribution in [0.15, 0.2) is 41.3 Å². The molecule has 156 valence electrons. The molecule has 2 heterocycles. The van der Waals surface area contributed by atoms with Gasteiger partial charge in [-0.25, -0.2) is 8.42 Å². The van der Waals surface area contributed by atoms with E-state index in [1.807, 2.05) is 17.0 Å². The average Bonchev–Trinajstić information content (AvgIpc) is 3.53. The lowest BCUT2D eigenvalue weighted by Gasteiger charge is -2.34. The summed E-state index contributed by atoms with van der Waals surface area (Å²) in [6.07, 6.45) is -2.53. The summed E-state index contributed by atoms with van der Waals surface area (Å²) in [5.41, 5.74) is 0.993. The van der Waals surface area contributed by atoms with Crippen molar-refractivity contribution in [3.05, 3.63) is 42.1 Å². The number of ether oxygens (including phenoxy) is 1. The van der Waals surface area contributed by atoms with Gasteiger partial charge in [-0.2, -0.15) is 9.40 Å². The molecule has 11 heteroatoms. The van der Waals surface area contributed by atoms with Crippen molar-refractivity contribution in [3.63, 3.8) is 0 Å². The molecule has 2 aliphatic rings. The molecule has 1 aromatic carbocycles. The van der Waals surface area contributed by atoms with E-state index in [0.717, 1.165) is 42.8 Å². The Morgan fingerprint density at radius 1 is 0.931 bits per heavy atom. The number of aromatic nitrogens is 2. The van der Waals surface area contributed by atoms with Crippen LogP contribution in [0.4, 0.5) is 19.0 Å². The van der Waals surface area contributed by atoms with Crippen LogP contribution >= 0.6 is 0 Å². The first-order chi connectivity index (χ1) is 13.7. The predicted molar refractivity (Wildman–Crippen MR) is 98.1 cm³/mol. The Bertz CT molecular complexity index is 953. The van der Waals surface area contributed by atoms with E-state index in [4.69, 9.17) is 0 Å². The molecule has 2 aromatic rings. The lowest BCUT2D eigenvalue weighted by Crippen LogP contribution is -2.49. The molecule has 0 spiro atoms. The van der Waals surface area contributed by atoms with E-state index in [-0.39, 0.29) is 18.0 Å². The summed E-state index contributed by atoms with van der Waals surface area (Å²) in [5.74, 6) is 0.765. The molecule has 2 fully saturated rings. The molecule has 0 amide bonds. The van der Waals surface area contributed by atoms with Crippen molar-refractivity contribution in [2.45, 2.75) is 30.0 Å². The highest BCUT2D eigenvalue weighted by Gasteiger charge is 2.32. The maximum Gasteiger partial charge on any atom is 0.573 e. The molecule has 7 nitrogen and oxygen atoms in total. The van der Waals surface area contributed by atoms with Crippen molar-refractivity contribution in [1.82, 2.24) is 14.5 Å². The number of anilines is 1. The van der Waals surface area contributed by atoms with Crippen LogP contribution < -0.4 is 9.64 Å². The number of hydrogen-bond acceptors (Lipinski definition) is 6. The molecule has 1 aliphatic heterocycles. The molecule has 0 atom stereocenters. The van der Waals surface area contributed by atoms with Gasteiger partial charge < -0.3 is 9.64 Å². The first kappa shape index (κ1) is 19.9. The van der Waals surface area contributed by atoms with Gasteiger partial charge in [0, 0.05) is 32.1 Å². The van der Waals surface area contributed by atoms with E-state index in [2.05, 4.69) is 14.9 Å². The summed E-state index contributed by atoms with van der Waals surface area (Å²) in [6, 6.07) is 8.09. The Morgan fingerprint density at radius 2 is 1.59 bits per heavy atom. The second kappa shape index (κ2) is 7.45. The van der Waals surface area contributed by atoms with Crippen molar-refractivity contribution in [1.29, 1.82) is 0 Å². The number of hydrogen-bond donors (Lipinski definition) is 0. The van der Waals surface area contributed by atoms with Gasteiger partial charge in [-0.3, -0.25) is 0 Å². The fourth-order valence-electron chi connectivity index (χ4n) is 3.22. The van der Waals surface area contributed by atoms with Crippen LogP contribution in [-0.2, 0) is 10.0 Å².